The van der Waals surface area contributed by atoms with E-state index in [1.165, 1.54) is 21.3 Å². The van der Waals surface area contributed by atoms with Crippen molar-refractivity contribution in [3.8, 4) is 5.75 Å². The lowest BCUT2D eigenvalue weighted by molar-refractivity contribution is 0.0600. The molecule has 0 saturated carbocycles. The molecule has 0 aliphatic rings. The number of aromatic nitrogens is 4. The molecule has 12 heteroatoms. The molecule has 11 nitrogen and oxygen atoms in total. The fourth-order valence-corrected chi connectivity index (χ4v) is 3.78. The number of benzene rings is 1. The van der Waals surface area contributed by atoms with Gasteiger partial charge >= 0.3 is 12.1 Å². The number of nitrogens with zero attached hydrogens (tertiary/aromatic N) is 4. The molecule has 2 heterocycles. The van der Waals surface area contributed by atoms with Gasteiger partial charge in [-0.3, -0.25) is 10.00 Å². The second kappa shape index (κ2) is 11.1. The maximum absolute atomic E-state index is 11.9. The highest BCUT2D eigenvalue weighted by atomic mass is 127. The summed E-state index contributed by atoms with van der Waals surface area (Å²) in [7, 11) is 4.14. The van der Waals surface area contributed by atoms with Crippen LogP contribution in [0.5, 0.6) is 5.75 Å². The molecule has 176 valence electrons. The smallest absolute Gasteiger partial charge is 0.413 e. The number of hydrogen-bond donors (Lipinski definition) is 2. The highest BCUT2D eigenvalue weighted by molar-refractivity contribution is 14.1. The molecule has 1 aromatic carbocycles. The van der Waals surface area contributed by atoms with Crippen LogP contribution < -0.4 is 15.4 Å². The number of anilines is 2. The maximum Gasteiger partial charge on any atom is 0.413 e. The van der Waals surface area contributed by atoms with Crippen LogP contribution in [0.2, 0.25) is 0 Å². The number of nitrogens with one attached hydrogen (secondary N) is 2. The lowest BCUT2D eigenvalue weighted by Gasteiger charge is -2.13. The molecule has 0 aliphatic heterocycles. The van der Waals surface area contributed by atoms with Gasteiger partial charge in [0.1, 0.15) is 20.5 Å². The summed E-state index contributed by atoms with van der Waals surface area (Å²) in [4.78, 5) is 32.5. The molecule has 0 unspecified atom stereocenters. The normalized spacial score (nSPS) is 10.7. The summed E-state index contributed by atoms with van der Waals surface area (Å²) in [6.07, 6.45) is 1.29. The van der Waals surface area contributed by atoms with Gasteiger partial charge in [-0.2, -0.15) is 10.1 Å². The molecule has 3 aromatic rings. The van der Waals surface area contributed by atoms with Crippen molar-refractivity contribution in [1.29, 1.82) is 0 Å². The second-order valence-electron chi connectivity index (χ2n) is 6.96. The van der Waals surface area contributed by atoms with Crippen LogP contribution in [0.15, 0.2) is 18.2 Å². The van der Waals surface area contributed by atoms with E-state index in [0.717, 1.165) is 18.4 Å². The summed E-state index contributed by atoms with van der Waals surface area (Å²) in [5.74, 6) is 0.744. The number of hydrogen-bond acceptors (Lipinski definition) is 9. The number of carbonyl (C=O) groups is 2. The summed E-state index contributed by atoms with van der Waals surface area (Å²) in [6, 6.07) is 5.10. The van der Waals surface area contributed by atoms with Gasteiger partial charge < -0.3 is 19.5 Å². The van der Waals surface area contributed by atoms with Crippen LogP contribution in [0.1, 0.15) is 35.7 Å². The number of halogens is 1. The Morgan fingerprint density at radius 2 is 1.94 bits per heavy atom. The molecule has 2 N–H and O–H groups in total. The Kier molecular flexibility index (Phi) is 8.25. The van der Waals surface area contributed by atoms with E-state index in [1.807, 2.05) is 0 Å². The van der Waals surface area contributed by atoms with Gasteiger partial charge in [0.05, 0.1) is 33.4 Å². The van der Waals surface area contributed by atoms with Crippen molar-refractivity contribution in [3.63, 3.8) is 0 Å². The van der Waals surface area contributed by atoms with E-state index in [4.69, 9.17) is 9.47 Å². The first-order chi connectivity index (χ1) is 15.9. The molecule has 0 bridgehead atoms. The van der Waals surface area contributed by atoms with E-state index < -0.39 is 12.1 Å². The van der Waals surface area contributed by atoms with Gasteiger partial charge in [-0.15, -0.1) is 0 Å². The third kappa shape index (κ3) is 5.61. The number of ether oxygens (including phenoxy) is 3. The minimum absolute atomic E-state index is 0.117. The average molecular weight is 568 g/mol. The van der Waals surface area contributed by atoms with Crippen molar-refractivity contribution >= 4 is 57.5 Å². The van der Waals surface area contributed by atoms with E-state index in [1.54, 1.807) is 22.9 Å². The largest absolute Gasteiger partial charge is 0.496 e. The number of amides is 1. The minimum Gasteiger partial charge on any atom is -0.496 e. The first kappa shape index (κ1) is 24.5. The predicted octanol–water partition coefficient (Wildman–Crippen LogP) is 3.66. The van der Waals surface area contributed by atoms with E-state index in [2.05, 4.69) is 60.0 Å². The molecule has 0 spiro atoms. The number of carbonyl (C=O) groups excluding carboxylic acids is 2. The lowest BCUT2D eigenvalue weighted by atomic mass is 10.1. The fraction of sp³-hybridized carbons (Fsp3) is 0.381. The fourth-order valence-electron chi connectivity index (χ4n) is 3.15. The van der Waals surface area contributed by atoms with Gasteiger partial charge in [0.2, 0.25) is 5.95 Å². The number of fused-ring (bicyclic) bond motifs is 1. The summed E-state index contributed by atoms with van der Waals surface area (Å²) >= 11 is 2.09. The SMILES string of the molecule is CCCCNc1nc(NC(=O)OC)nc2c(I)nn(Cc3ccc(C(=O)OC)cc3OC)c12. The summed E-state index contributed by atoms with van der Waals surface area (Å²) < 4.78 is 17.4. The Bertz CT molecular complexity index is 1170. The Labute approximate surface area is 204 Å². The van der Waals surface area contributed by atoms with Gasteiger partial charge in [-0.1, -0.05) is 19.4 Å². The maximum atomic E-state index is 11.9. The van der Waals surface area contributed by atoms with Crippen LogP contribution in [-0.4, -0.2) is 59.7 Å². The van der Waals surface area contributed by atoms with Crippen molar-refractivity contribution in [3.05, 3.63) is 33.0 Å². The number of methoxy groups -OCH3 is 3. The molecule has 0 atom stereocenters. The predicted molar refractivity (Wildman–Crippen MR) is 131 cm³/mol. The molecule has 2 aromatic heterocycles. The van der Waals surface area contributed by atoms with Crippen LogP contribution in [-0.2, 0) is 16.0 Å². The van der Waals surface area contributed by atoms with Gasteiger partial charge in [-0.25, -0.2) is 14.6 Å². The van der Waals surface area contributed by atoms with Crippen molar-refractivity contribution in [1.82, 2.24) is 19.7 Å². The van der Waals surface area contributed by atoms with Gasteiger partial charge in [0.25, 0.3) is 0 Å². The zero-order chi connectivity index (χ0) is 24.0. The second-order valence-corrected chi connectivity index (χ2v) is 7.98. The third-order valence-electron chi connectivity index (χ3n) is 4.80. The van der Waals surface area contributed by atoms with Crippen molar-refractivity contribution in [2.75, 3.05) is 38.5 Å². The van der Waals surface area contributed by atoms with E-state index in [9.17, 15) is 9.59 Å². The lowest BCUT2D eigenvalue weighted by Crippen LogP contribution is -2.15. The Morgan fingerprint density at radius 3 is 2.61 bits per heavy atom. The first-order valence-electron chi connectivity index (χ1n) is 10.2. The minimum atomic E-state index is -0.660. The molecular weight excluding hydrogens is 543 g/mol. The number of unbranched alkanes of at least 4 members (excludes halogenated alkanes) is 1. The van der Waals surface area contributed by atoms with Crippen molar-refractivity contribution < 1.29 is 23.8 Å². The number of esters is 1. The molecule has 0 fully saturated rings. The standard InChI is InChI=1S/C21H25IN6O5/c1-5-6-9-23-18-16-15(24-20(25-18)26-21(30)33-4)17(22)27-28(16)11-13-8-7-12(19(29)32-3)10-14(13)31-2/h7-8,10H,5-6,9,11H2,1-4H3,(H2,23,24,25,26,30). The molecule has 0 radical (unpaired) electrons. The van der Waals surface area contributed by atoms with Gasteiger partial charge in [0.15, 0.2) is 5.82 Å². The zero-order valence-electron chi connectivity index (χ0n) is 18.8. The molecule has 0 aliphatic carbocycles. The Morgan fingerprint density at radius 1 is 1.15 bits per heavy atom. The van der Waals surface area contributed by atoms with E-state index in [-0.39, 0.29) is 5.95 Å². The number of rotatable bonds is 9. The van der Waals surface area contributed by atoms with Gasteiger partial charge in [-0.05, 0) is 41.1 Å². The summed E-state index contributed by atoms with van der Waals surface area (Å²) in [6.45, 7) is 3.14. The van der Waals surface area contributed by atoms with Gasteiger partial charge in [0, 0.05) is 12.1 Å². The third-order valence-corrected chi connectivity index (χ3v) is 5.52. The molecule has 0 saturated heterocycles. The monoisotopic (exact) mass is 568 g/mol. The Hall–Kier alpha value is -3.16. The van der Waals surface area contributed by atoms with Crippen molar-refractivity contribution in [2.24, 2.45) is 0 Å². The zero-order valence-corrected chi connectivity index (χ0v) is 20.9. The van der Waals surface area contributed by atoms with Crippen LogP contribution in [0, 0.1) is 3.70 Å². The summed E-state index contributed by atoms with van der Waals surface area (Å²) in [5, 5.41) is 10.5. The van der Waals surface area contributed by atoms with Crippen LogP contribution in [0.25, 0.3) is 11.0 Å². The quantitative estimate of drug-likeness (QED) is 0.226. The highest BCUT2D eigenvalue weighted by Crippen LogP contribution is 2.29. The van der Waals surface area contributed by atoms with E-state index >= 15 is 0 Å². The Balaban J connectivity index is 2.06. The molecule has 33 heavy (non-hydrogen) atoms. The highest BCUT2D eigenvalue weighted by Gasteiger charge is 2.20. The van der Waals surface area contributed by atoms with E-state index in [0.29, 0.717) is 45.0 Å². The molecule has 3 rings (SSSR count). The van der Waals surface area contributed by atoms with Crippen LogP contribution >= 0.6 is 22.6 Å². The topological polar surface area (TPSA) is 129 Å². The van der Waals surface area contributed by atoms with Crippen molar-refractivity contribution in [2.45, 2.75) is 26.3 Å². The molecule has 1 amide bonds. The first-order valence-corrected chi connectivity index (χ1v) is 11.3. The summed E-state index contributed by atoms with van der Waals surface area (Å²) in [5.41, 5.74) is 2.47. The average Bonchev–Trinajstić information content (AvgIpc) is 3.13. The van der Waals surface area contributed by atoms with Crippen LogP contribution in [0.3, 0.4) is 0 Å². The molecular formula is C21H25IN6O5. The van der Waals surface area contributed by atoms with Crippen LogP contribution in [0.4, 0.5) is 16.6 Å².